The van der Waals surface area contributed by atoms with E-state index in [9.17, 15) is 5.26 Å². The van der Waals surface area contributed by atoms with Crippen LogP contribution in [0.2, 0.25) is 0 Å². The van der Waals surface area contributed by atoms with Gasteiger partial charge in [-0.2, -0.15) is 0 Å². The van der Waals surface area contributed by atoms with Crippen molar-refractivity contribution < 1.29 is 10.1 Å². The Morgan fingerprint density at radius 2 is 1.50 bits per heavy atom. The predicted molar refractivity (Wildman–Crippen MR) is 88.2 cm³/mol. The average molecular weight is 289 g/mol. The summed E-state index contributed by atoms with van der Waals surface area (Å²) in [7, 11) is 0. The molecule has 0 unspecified atom stereocenters. The minimum absolute atomic E-state index is 0.487. The van der Waals surface area contributed by atoms with Gasteiger partial charge in [-0.05, 0) is 23.8 Å². The summed E-state index contributed by atoms with van der Waals surface area (Å²) < 4.78 is 2.25. The van der Waals surface area contributed by atoms with E-state index in [-0.39, 0.29) is 0 Å². The van der Waals surface area contributed by atoms with Gasteiger partial charge in [-0.1, -0.05) is 54.6 Å². The zero-order chi connectivity index (χ0) is 14.9. The van der Waals surface area contributed by atoms with E-state index in [2.05, 4.69) is 39.8 Å². The third-order valence-corrected chi connectivity index (χ3v) is 4.04. The lowest BCUT2D eigenvalue weighted by Crippen LogP contribution is -1.99. The summed E-state index contributed by atoms with van der Waals surface area (Å²) in [5.41, 5.74) is 3.42. The van der Waals surface area contributed by atoms with Crippen LogP contribution in [0.5, 0.6) is 5.75 Å². The summed E-state index contributed by atoms with van der Waals surface area (Å²) in [6, 6.07) is 24.3. The summed E-state index contributed by atoms with van der Waals surface area (Å²) in [4.78, 5) is 4.59. The first kappa shape index (κ1) is 12.9. The van der Waals surface area contributed by atoms with Crippen LogP contribution in [0.1, 0.15) is 5.56 Å². The van der Waals surface area contributed by atoms with E-state index in [0.29, 0.717) is 5.75 Å². The molecule has 0 atom stereocenters. The maximum Gasteiger partial charge on any atom is 0.175 e. The highest BCUT2D eigenvalue weighted by atomic mass is 17.1. The molecule has 0 spiro atoms. The Balaban J connectivity index is 2.03. The van der Waals surface area contributed by atoms with Gasteiger partial charge < -0.3 is 9.45 Å². The summed E-state index contributed by atoms with van der Waals surface area (Å²) in [6.07, 6.45) is 0. The molecule has 108 valence electrons. The summed E-state index contributed by atoms with van der Waals surface area (Å²) in [6.45, 7) is 0.778. The third-order valence-electron chi connectivity index (χ3n) is 4.04. The van der Waals surface area contributed by atoms with E-state index in [4.69, 9.17) is 0 Å². The van der Waals surface area contributed by atoms with E-state index >= 15 is 0 Å². The SMILES string of the molecule is OOc1cccc2c1c1ccccc1n2Cc1ccccc1. The normalized spacial score (nSPS) is 11.1. The van der Waals surface area contributed by atoms with Crippen molar-refractivity contribution in [1.82, 2.24) is 4.57 Å². The van der Waals surface area contributed by atoms with E-state index < -0.39 is 0 Å². The highest BCUT2D eigenvalue weighted by Crippen LogP contribution is 2.35. The van der Waals surface area contributed by atoms with Crippen molar-refractivity contribution >= 4 is 21.8 Å². The lowest BCUT2D eigenvalue weighted by molar-refractivity contribution is -0.136. The lowest BCUT2D eigenvalue weighted by Gasteiger charge is -2.08. The third kappa shape index (κ3) is 1.95. The van der Waals surface area contributed by atoms with Gasteiger partial charge in [0.1, 0.15) is 0 Å². The number of hydrogen-bond donors (Lipinski definition) is 1. The van der Waals surface area contributed by atoms with Crippen LogP contribution in [0.4, 0.5) is 0 Å². The van der Waals surface area contributed by atoms with Crippen LogP contribution < -0.4 is 4.89 Å². The first-order chi connectivity index (χ1) is 10.9. The number of nitrogens with zero attached hydrogens (tertiary/aromatic N) is 1. The second-order valence-corrected chi connectivity index (χ2v) is 5.33. The monoisotopic (exact) mass is 289 g/mol. The van der Waals surface area contributed by atoms with Crippen LogP contribution in [0.25, 0.3) is 21.8 Å². The van der Waals surface area contributed by atoms with Crippen LogP contribution >= 0.6 is 0 Å². The molecule has 0 radical (unpaired) electrons. The van der Waals surface area contributed by atoms with Crippen LogP contribution in [-0.2, 0) is 6.54 Å². The first-order valence-electron chi connectivity index (χ1n) is 7.24. The Labute approximate surface area is 127 Å². The lowest BCUT2D eigenvalue weighted by atomic mass is 10.1. The van der Waals surface area contributed by atoms with Crippen molar-refractivity contribution in [2.45, 2.75) is 6.54 Å². The Bertz CT molecular complexity index is 942. The number of aromatic nitrogens is 1. The van der Waals surface area contributed by atoms with Crippen molar-refractivity contribution in [3.05, 3.63) is 78.4 Å². The quantitative estimate of drug-likeness (QED) is 0.438. The fourth-order valence-electron chi connectivity index (χ4n) is 3.08. The molecule has 4 aromatic rings. The molecule has 3 nitrogen and oxygen atoms in total. The van der Waals surface area contributed by atoms with Crippen LogP contribution in [0.15, 0.2) is 72.8 Å². The number of benzene rings is 3. The Hall–Kier alpha value is -2.78. The first-order valence-corrected chi connectivity index (χ1v) is 7.24. The predicted octanol–water partition coefficient (Wildman–Crippen LogP) is 4.69. The van der Waals surface area contributed by atoms with Gasteiger partial charge in [0.15, 0.2) is 5.75 Å². The second-order valence-electron chi connectivity index (χ2n) is 5.33. The summed E-state index contributed by atoms with van der Waals surface area (Å²) in [5, 5.41) is 11.2. The standard InChI is InChI=1S/C19H15NO2/c21-22-18-12-6-11-17-19(18)15-9-4-5-10-16(15)20(17)13-14-7-2-1-3-8-14/h1-12,21H,13H2. The van der Waals surface area contributed by atoms with E-state index in [1.165, 1.54) is 5.56 Å². The molecule has 3 heteroatoms. The molecule has 0 bridgehead atoms. The van der Waals surface area contributed by atoms with Crippen LogP contribution in [0.3, 0.4) is 0 Å². The van der Waals surface area contributed by atoms with E-state index in [0.717, 1.165) is 28.4 Å². The molecule has 4 rings (SSSR count). The fourth-order valence-corrected chi connectivity index (χ4v) is 3.08. The van der Waals surface area contributed by atoms with Crippen molar-refractivity contribution in [1.29, 1.82) is 0 Å². The number of hydrogen-bond acceptors (Lipinski definition) is 2. The Morgan fingerprint density at radius 3 is 2.32 bits per heavy atom. The molecule has 0 fully saturated rings. The molecule has 0 saturated carbocycles. The minimum atomic E-state index is 0.487. The van der Waals surface area contributed by atoms with Crippen molar-refractivity contribution in [3.8, 4) is 5.75 Å². The Morgan fingerprint density at radius 1 is 0.773 bits per heavy atom. The fraction of sp³-hybridized carbons (Fsp3) is 0.0526. The van der Waals surface area contributed by atoms with Crippen molar-refractivity contribution in [2.24, 2.45) is 0 Å². The molecule has 0 amide bonds. The van der Waals surface area contributed by atoms with E-state index in [1.54, 1.807) is 6.07 Å². The molecular formula is C19H15NO2. The maximum atomic E-state index is 9.18. The van der Waals surface area contributed by atoms with Crippen LogP contribution in [-0.4, -0.2) is 9.82 Å². The smallest absolute Gasteiger partial charge is 0.175 e. The molecule has 0 aliphatic carbocycles. The van der Waals surface area contributed by atoms with Gasteiger partial charge in [-0.25, -0.2) is 5.26 Å². The molecule has 1 heterocycles. The molecule has 0 saturated heterocycles. The zero-order valence-electron chi connectivity index (χ0n) is 11.9. The van der Waals surface area contributed by atoms with Gasteiger partial charge in [0.05, 0.1) is 10.9 Å². The molecule has 3 aromatic carbocycles. The zero-order valence-corrected chi connectivity index (χ0v) is 11.9. The van der Waals surface area contributed by atoms with Gasteiger partial charge in [-0.15, -0.1) is 0 Å². The van der Waals surface area contributed by atoms with Crippen molar-refractivity contribution in [2.75, 3.05) is 0 Å². The largest absolute Gasteiger partial charge is 0.339 e. The highest BCUT2D eigenvalue weighted by molar-refractivity contribution is 6.11. The molecule has 0 aliphatic rings. The maximum absolute atomic E-state index is 9.18. The number of rotatable bonds is 3. The minimum Gasteiger partial charge on any atom is -0.339 e. The molecule has 0 aliphatic heterocycles. The van der Waals surface area contributed by atoms with Crippen LogP contribution in [0, 0.1) is 0 Å². The van der Waals surface area contributed by atoms with Crippen molar-refractivity contribution in [3.63, 3.8) is 0 Å². The van der Waals surface area contributed by atoms with Gasteiger partial charge in [-0.3, -0.25) is 0 Å². The Kier molecular flexibility index (Phi) is 3.06. The average Bonchev–Trinajstić information content (AvgIpc) is 2.90. The molecular weight excluding hydrogens is 274 g/mol. The van der Waals surface area contributed by atoms with Gasteiger partial charge in [0, 0.05) is 17.4 Å². The van der Waals surface area contributed by atoms with Gasteiger partial charge >= 0.3 is 0 Å². The number of fused-ring (bicyclic) bond motifs is 3. The topological polar surface area (TPSA) is 34.4 Å². The molecule has 22 heavy (non-hydrogen) atoms. The molecule has 1 aromatic heterocycles. The summed E-state index contributed by atoms with van der Waals surface area (Å²) >= 11 is 0. The number of para-hydroxylation sites is 1. The summed E-state index contributed by atoms with van der Waals surface area (Å²) in [5.74, 6) is 0.487. The second kappa shape index (κ2) is 5.20. The van der Waals surface area contributed by atoms with E-state index in [1.807, 2.05) is 36.4 Å². The molecule has 1 N–H and O–H groups in total. The highest BCUT2D eigenvalue weighted by Gasteiger charge is 2.14. The van der Waals surface area contributed by atoms with Gasteiger partial charge in [0.25, 0.3) is 0 Å². The van der Waals surface area contributed by atoms with Gasteiger partial charge in [0.2, 0.25) is 0 Å².